The number of aryl methyl sites for hydroxylation is 2. The number of hydrogen-bond donors (Lipinski definition) is 1. The Hall–Kier alpha value is -0.0381. The van der Waals surface area contributed by atoms with Crippen LogP contribution in [0.25, 0.3) is 0 Å². The monoisotopic (exact) mass is 545 g/mol. The summed E-state index contributed by atoms with van der Waals surface area (Å²) in [5.41, 5.74) is 2.04. The van der Waals surface area contributed by atoms with Crippen molar-refractivity contribution in [3.63, 3.8) is 0 Å². The van der Waals surface area contributed by atoms with Crippen LogP contribution in [-0.4, -0.2) is 11.6 Å². The molecule has 0 aliphatic carbocycles. The SMILES string of the molecule is Cc1ccc(=O)[nH]c1C.[CH2-]CO[C-](CCC)CCC(C)CC.[U+2]. The number of hydrogen-bond acceptors (Lipinski definition) is 2. The molecule has 0 spiro atoms. The first kappa shape index (κ1) is 25.2. The van der Waals surface area contributed by atoms with Crippen LogP contribution in [0.2, 0.25) is 0 Å². The van der Waals surface area contributed by atoms with Crippen molar-refractivity contribution in [3.05, 3.63) is 46.8 Å². The summed E-state index contributed by atoms with van der Waals surface area (Å²) in [5.74, 6) is 0.820. The third-order valence-electron chi connectivity index (χ3n) is 3.83. The van der Waals surface area contributed by atoms with Crippen LogP contribution < -0.4 is 5.56 Å². The Morgan fingerprint density at radius 2 is 1.91 bits per heavy atom. The van der Waals surface area contributed by atoms with Crippen LogP contribution in [0.4, 0.5) is 0 Å². The molecule has 4 heteroatoms. The molecule has 1 atom stereocenters. The first-order valence-electron chi connectivity index (χ1n) is 8.37. The van der Waals surface area contributed by atoms with Gasteiger partial charge in [-0.25, -0.2) is 0 Å². The van der Waals surface area contributed by atoms with Crippen molar-refractivity contribution in [2.75, 3.05) is 6.61 Å². The number of H-pyrrole nitrogens is 1. The Bertz CT molecular complexity index is 439. The van der Waals surface area contributed by atoms with Crippen LogP contribution in [0.3, 0.4) is 0 Å². The van der Waals surface area contributed by atoms with E-state index in [2.05, 4.69) is 32.7 Å². The van der Waals surface area contributed by atoms with Gasteiger partial charge in [-0.2, -0.15) is 18.9 Å². The van der Waals surface area contributed by atoms with E-state index in [1.165, 1.54) is 31.4 Å². The summed E-state index contributed by atoms with van der Waals surface area (Å²) in [5, 5.41) is 0. The molecule has 0 aliphatic rings. The number of pyridine rings is 1. The minimum atomic E-state index is -0.0295. The minimum Gasteiger partial charge on any atom is -0.575 e. The summed E-state index contributed by atoms with van der Waals surface area (Å²) in [6.07, 6.45) is 7.17. The zero-order valence-corrected chi connectivity index (χ0v) is 19.7. The fourth-order valence-electron chi connectivity index (χ4n) is 1.95. The van der Waals surface area contributed by atoms with Crippen molar-refractivity contribution in [2.24, 2.45) is 5.92 Å². The summed E-state index contributed by atoms with van der Waals surface area (Å²) in [4.78, 5) is 13.3. The molecular weight excluding hydrogens is 512 g/mol. The maximum atomic E-state index is 10.6. The van der Waals surface area contributed by atoms with Crippen molar-refractivity contribution >= 4 is 0 Å². The number of nitrogens with one attached hydrogen (secondary N) is 1. The second-order valence-corrected chi connectivity index (χ2v) is 5.82. The van der Waals surface area contributed by atoms with Crippen LogP contribution in [-0.2, 0) is 4.74 Å². The maximum Gasteiger partial charge on any atom is 2.00 e. The van der Waals surface area contributed by atoms with E-state index in [1.54, 1.807) is 0 Å². The Balaban J connectivity index is 0. The molecule has 0 bridgehead atoms. The van der Waals surface area contributed by atoms with E-state index in [0.717, 1.165) is 30.0 Å². The van der Waals surface area contributed by atoms with Gasteiger partial charge in [0.05, 0.1) is 0 Å². The van der Waals surface area contributed by atoms with Gasteiger partial charge >= 0.3 is 31.1 Å². The Morgan fingerprint density at radius 3 is 2.35 bits per heavy atom. The van der Waals surface area contributed by atoms with Crippen molar-refractivity contribution in [3.8, 4) is 0 Å². The molecule has 0 fully saturated rings. The molecule has 23 heavy (non-hydrogen) atoms. The number of ether oxygens (including phenoxy) is 1. The Morgan fingerprint density at radius 1 is 1.26 bits per heavy atom. The fraction of sp³-hybridized carbons (Fsp3) is 0.632. The van der Waals surface area contributed by atoms with Crippen molar-refractivity contribution < 1.29 is 35.9 Å². The van der Waals surface area contributed by atoms with Crippen molar-refractivity contribution in [1.82, 2.24) is 4.98 Å². The summed E-state index contributed by atoms with van der Waals surface area (Å²) in [6.45, 7) is 14.9. The van der Waals surface area contributed by atoms with Gasteiger partial charge in [0.1, 0.15) is 0 Å². The normalized spacial score (nSPS) is 11.4. The van der Waals surface area contributed by atoms with Gasteiger partial charge in [-0.05, 0) is 25.3 Å². The molecule has 0 aliphatic heterocycles. The zero-order valence-electron chi connectivity index (χ0n) is 15.5. The van der Waals surface area contributed by atoms with Crippen LogP contribution in [0, 0.1) is 63.9 Å². The average Bonchev–Trinajstić information content (AvgIpc) is 2.49. The van der Waals surface area contributed by atoms with E-state index in [0.29, 0.717) is 6.61 Å². The van der Waals surface area contributed by atoms with Crippen LogP contribution >= 0.6 is 0 Å². The van der Waals surface area contributed by atoms with Crippen LogP contribution in [0.1, 0.15) is 64.1 Å². The van der Waals surface area contributed by atoms with Gasteiger partial charge in [-0.1, -0.05) is 46.1 Å². The van der Waals surface area contributed by atoms with Gasteiger partial charge in [-0.3, -0.25) is 4.79 Å². The summed E-state index contributed by atoms with van der Waals surface area (Å²) < 4.78 is 5.48. The topological polar surface area (TPSA) is 42.1 Å². The van der Waals surface area contributed by atoms with Gasteiger partial charge in [0.2, 0.25) is 5.56 Å². The number of rotatable bonds is 8. The summed E-state index contributed by atoms with van der Waals surface area (Å²) >= 11 is 0. The number of aromatic nitrogens is 1. The van der Waals surface area contributed by atoms with Crippen molar-refractivity contribution in [2.45, 2.75) is 66.7 Å². The maximum absolute atomic E-state index is 10.6. The van der Waals surface area contributed by atoms with Crippen molar-refractivity contribution in [1.29, 1.82) is 0 Å². The minimum absolute atomic E-state index is 0. The van der Waals surface area contributed by atoms with E-state index in [9.17, 15) is 4.79 Å². The first-order chi connectivity index (χ1) is 10.4. The standard InChI is InChI=1S/C12H24O.C7H9NO.U/c1-5-8-12(13-7-3)10-9-11(4)6-2;1-5-3-4-7(9)8-6(5)2;/h11H,3,5-10H2,1-2,4H3;3-4H,1-2H3,(H,8,9);/q-2;;+2. The molecule has 1 rings (SSSR count). The predicted octanol–water partition coefficient (Wildman–Crippen LogP) is 4.99. The molecule has 1 unspecified atom stereocenters. The second-order valence-electron chi connectivity index (χ2n) is 5.82. The molecule has 1 aromatic rings. The average molecular weight is 546 g/mol. The Labute approximate surface area is 166 Å². The molecule has 1 aromatic heterocycles. The summed E-state index contributed by atoms with van der Waals surface area (Å²) in [6, 6.07) is 3.34. The van der Waals surface area contributed by atoms with E-state index in [-0.39, 0.29) is 36.7 Å². The largest absolute Gasteiger partial charge is 2.00 e. The molecule has 130 valence electrons. The molecule has 0 saturated carbocycles. The zero-order chi connectivity index (χ0) is 17.0. The van der Waals surface area contributed by atoms with Gasteiger partial charge in [0, 0.05) is 11.8 Å². The molecule has 1 heterocycles. The molecule has 1 N–H and O–H groups in total. The van der Waals surface area contributed by atoms with E-state index in [1.807, 2.05) is 19.9 Å². The molecule has 0 saturated heterocycles. The smallest absolute Gasteiger partial charge is 0.575 e. The molecule has 0 radical (unpaired) electrons. The van der Waals surface area contributed by atoms with Gasteiger partial charge < -0.3 is 16.6 Å². The molecular formula is C19H33NO2U. The van der Waals surface area contributed by atoms with Gasteiger partial charge in [0.15, 0.2) is 0 Å². The predicted molar refractivity (Wildman–Crippen MR) is 94.7 cm³/mol. The second kappa shape index (κ2) is 15.5. The van der Waals surface area contributed by atoms with Gasteiger partial charge in [0.25, 0.3) is 0 Å². The molecule has 0 amide bonds. The van der Waals surface area contributed by atoms with Gasteiger partial charge in [-0.15, -0.1) is 6.61 Å². The summed E-state index contributed by atoms with van der Waals surface area (Å²) in [7, 11) is 0. The number of aromatic amines is 1. The van der Waals surface area contributed by atoms with Crippen LogP contribution in [0.5, 0.6) is 0 Å². The quantitative estimate of drug-likeness (QED) is 0.468. The van der Waals surface area contributed by atoms with E-state index < -0.39 is 0 Å². The van der Waals surface area contributed by atoms with E-state index >= 15 is 0 Å². The first-order valence-corrected chi connectivity index (χ1v) is 8.37. The molecule has 0 aromatic carbocycles. The van der Waals surface area contributed by atoms with Crippen LogP contribution in [0.15, 0.2) is 16.9 Å². The molecule has 3 nitrogen and oxygen atoms in total. The fourth-order valence-corrected chi connectivity index (χ4v) is 1.95. The van der Waals surface area contributed by atoms with E-state index in [4.69, 9.17) is 4.74 Å². The third-order valence-corrected chi connectivity index (χ3v) is 3.83. The Kier molecular flexibility index (Phi) is 17.0. The third kappa shape index (κ3) is 13.0.